The van der Waals surface area contributed by atoms with Crippen LogP contribution >= 0.6 is 0 Å². The molecule has 1 atom stereocenters. The van der Waals surface area contributed by atoms with Gasteiger partial charge in [-0.05, 0) is 50.6 Å². The molecule has 3 rings (SSSR count). The lowest BCUT2D eigenvalue weighted by molar-refractivity contribution is 0.110. The molecule has 0 unspecified atom stereocenters. The van der Waals surface area contributed by atoms with E-state index in [-0.39, 0.29) is 17.9 Å². The first kappa shape index (κ1) is 16.6. The van der Waals surface area contributed by atoms with Crippen molar-refractivity contribution in [1.29, 1.82) is 0 Å². The molecule has 1 saturated heterocycles. The number of hydrogen-bond donors (Lipinski definition) is 2. The standard InChI is InChI=1S/C19H25N3O2/c1-14(15-4-3-5-17(23)12-15)21-16-6-7-19(20-13-16)24-18-8-10-22(2)11-9-18/h3-7,12-14,18,21,23H,8-11H2,1-2H3/t14-/m1/s1. The lowest BCUT2D eigenvalue weighted by atomic mass is 10.1. The number of nitrogens with one attached hydrogen (secondary N) is 1. The quantitative estimate of drug-likeness (QED) is 0.881. The summed E-state index contributed by atoms with van der Waals surface area (Å²) in [5.74, 6) is 0.960. The SMILES string of the molecule is C[C@@H](Nc1ccc(OC2CCN(C)CC2)nc1)c1cccc(O)c1. The van der Waals surface area contributed by atoms with Gasteiger partial charge in [-0.1, -0.05) is 12.1 Å². The van der Waals surface area contributed by atoms with Crippen LogP contribution in [0, 0.1) is 0 Å². The van der Waals surface area contributed by atoms with E-state index in [4.69, 9.17) is 4.74 Å². The number of hydrogen-bond acceptors (Lipinski definition) is 5. The van der Waals surface area contributed by atoms with Crippen LogP contribution in [0.4, 0.5) is 5.69 Å². The Kier molecular flexibility index (Phi) is 5.20. The Morgan fingerprint density at radius 1 is 1.25 bits per heavy atom. The number of nitrogens with zero attached hydrogens (tertiary/aromatic N) is 2. The fraction of sp³-hybridized carbons (Fsp3) is 0.421. The first-order chi connectivity index (χ1) is 11.6. The van der Waals surface area contributed by atoms with Crippen molar-refractivity contribution < 1.29 is 9.84 Å². The van der Waals surface area contributed by atoms with Gasteiger partial charge in [-0.15, -0.1) is 0 Å². The number of anilines is 1. The first-order valence-electron chi connectivity index (χ1n) is 8.47. The van der Waals surface area contributed by atoms with Crippen LogP contribution in [-0.4, -0.2) is 41.2 Å². The van der Waals surface area contributed by atoms with E-state index in [9.17, 15) is 5.11 Å². The first-order valence-corrected chi connectivity index (χ1v) is 8.47. The molecule has 1 aromatic heterocycles. The Morgan fingerprint density at radius 2 is 2.04 bits per heavy atom. The second kappa shape index (κ2) is 7.53. The highest BCUT2D eigenvalue weighted by Gasteiger charge is 2.18. The van der Waals surface area contributed by atoms with Gasteiger partial charge in [0.1, 0.15) is 11.9 Å². The fourth-order valence-corrected chi connectivity index (χ4v) is 2.94. The number of rotatable bonds is 5. The molecule has 5 heteroatoms. The molecule has 2 heterocycles. The van der Waals surface area contributed by atoms with Crippen molar-refractivity contribution in [3.8, 4) is 11.6 Å². The molecule has 2 aromatic rings. The van der Waals surface area contributed by atoms with E-state index in [0.29, 0.717) is 5.88 Å². The molecule has 1 aliphatic heterocycles. The minimum absolute atomic E-state index is 0.0829. The number of piperidine rings is 1. The average Bonchev–Trinajstić information content (AvgIpc) is 2.59. The number of phenolic OH excluding ortho intramolecular Hbond substituents is 1. The molecule has 0 aliphatic carbocycles. The number of aromatic nitrogens is 1. The van der Waals surface area contributed by atoms with Crippen LogP contribution in [-0.2, 0) is 0 Å². The van der Waals surface area contributed by atoms with Crippen molar-refractivity contribution >= 4 is 5.69 Å². The van der Waals surface area contributed by atoms with E-state index in [2.05, 4.69) is 29.2 Å². The molecule has 0 spiro atoms. The van der Waals surface area contributed by atoms with Crippen molar-refractivity contribution in [1.82, 2.24) is 9.88 Å². The number of likely N-dealkylation sites (tertiary alicyclic amines) is 1. The predicted octanol–water partition coefficient (Wildman–Crippen LogP) is 3.43. The van der Waals surface area contributed by atoms with Crippen LogP contribution in [0.25, 0.3) is 0 Å². The third-order valence-electron chi connectivity index (χ3n) is 4.44. The van der Waals surface area contributed by atoms with Crippen molar-refractivity contribution in [2.45, 2.75) is 31.9 Å². The van der Waals surface area contributed by atoms with E-state index in [1.54, 1.807) is 18.3 Å². The molecule has 128 valence electrons. The monoisotopic (exact) mass is 327 g/mol. The maximum Gasteiger partial charge on any atom is 0.213 e. The predicted molar refractivity (Wildman–Crippen MR) is 95.5 cm³/mol. The molecular weight excluding hydrogens is 302 g/mol. The van der Waals surface area contributed by atoms with Gasteiger partial charge < -0.3 is 20.1 Å². The second-order valence-electron chi connectivity index (χ2n) is 6.47. The van der Waals surface area contributed by atoms with Gasteiger partial charge in [0, 0.05) is 25.2 Å². The van der Waals surface area contributed by atoms with Gasteiger partial charge in [0.15, 0.2) is 0 Å². The highest BCUT2D eigenvalue weighted by atomic mass is 16.5. The van der Waals surface area contributed by atoms with Crippen LogP contribution in [0.1, 0.15) is 31.4 Å². The molecule has 0 bridgehead atoms. The zero-order chi connectivity index (χ0) is 16.9. The molecule has 1 aromatic carbocycles. The molecule has 5 nitrogen and oxygen atoms in total. The number of aromatic hydroxyl groups is 1. The summed E-state index contributed by atoms with van der Waals surface area (Å²) in [5.41, 5.74) is 1.96. The topological polar surface area (TPSA) is 57.6 Å². The summed E-state index contributed by atoms with van der Waals surface area (Å²) in [5, 5.41) is 13.0. The highest BCUT2D eigenvalue weighted by Crippen LogP contribution is 2.23. The highest BCUT2D eigenvalue weighted by molar-refractivity contribution is 5.45. The lowest BCUT2D eigenvalue weighted by Gasteiger charge is -2.28. The Bertz CT molecular complexity index is 652. The molecule has 1 fully saturated rings. The molecule has 1 aliphatic rings. The van der Waals surface area contributed by atoms with Crippen molar-refractivity contribution in [2.24, 2.45) is 0 Å². The van der Waals surface area contributed by atoms with E-state index < -0.39 is 0 Å². The van der Waals surface area contributed by atoms with E-state index in [0.717, 1.165) is 37.2 Å². The molecule has 0 amide bonds. The smallest absolute Gasteiger partial charge is 0.213 e. The zero-order valence-electron chi connectivity index (χ0n) is 14.3. The van der Waals surface area contributed by atoms with Gasteiger partial charge in [-0.25, -0.2) is 4.98 Å². The summed E-state index contributed by atoms with van der Waals surface area (Å²) in [4.78, 5) is 6.73. The summed E-state index contributed by atoms with van der Waals surface area (Å²) in [6, 6.07) is 11.3. The van der Waals surface area contributed by atoms with Crippen LogP contribution in [0.3, 0.4) is 0 Å². The van der Waals surface area contributed by atoms with Gasteiger partial charge in [-0.3, -0.25) is 0 Å². The number of benzene rings is 1. The summed E-state index contributed by atoms with van der Waals surface area (Å²) >= 11 is 0. The third-order valence-corrected chi connectivity index (χ3v) is 4.44. The minimum atomic E-state index is 0.0829. The molecule has 0 radical (unpaired) electrons. The molecular formula is C19H25N3O2. The van der Waals surface area contributed by atoms with Crippen LogP contribution in [0.15, 0.2) is 42.6 Å². The van der Waals surface area contributed by atoms with Crippen LogP contribution in [0.5, 0.6) is 11.6 Å². The minimum Gasteiger partial charge on any atom is -0.508 e. The summed E-state index contributed by atoms with van der Waals surface area (Å²) in [6.45, 7) is 4.20. The lowest BCUT2D eigenvalue weighted by Crippen LogP contribution is -2.35. The summed E-state index contributed by atoms with van der Waals surface area (Å²) in [6.07, 6.45) is 4.15. The third kappa shape index (κ3) is 4.38. The number of pyridine rings is 1. The van der Waals surface area contributed by atoms with Crippen molar-refractivity contribution in [3.05, 3.63) is 48.2 Å². The summed E-state index contributed by atoms with van der Waals surface area (Å²) < 4.78 is 5.97. The average molecular weight is 327 g/mol. The van der Waals surface area contributed by atoms with E-state index in [1.165, 1.54) is 0 Å². The van der Waals surface area contributed by atoms with Crippen molar-refractivity contribution in [3.63, 3.8) is 0 Å². The zero-order valence-corrected chi connectivity index (χ0v) is 14.3. The largest absolute Gasteiger partial charge is 0.508 e. The van der Waals surface area contributed by atoms with Gasteiger partial charge in [0.25, 0.3) is 0 Å². The number of ether oxygens (including phenoxy) is 1. The Morgan fingerprint density at radius 3 is 2.71 bits per heavy atom. The molecule has 0 saturated carbocycles. The van der Waals surface area contributed by atoms with E-state index in [1.807, 2.05) is 24.3 Å². The van der Waals surface area contributed by atoms with Gasteiger partial charge in [0.2, 0.25) is 5.88 Å². The molecule has 24 heavy (non-hydrogen) atoms. The fourth-order valence-electron chi connectivity index (χ4n) is 2.94. The second-order valence-corrected chi connectivity index (χ2v) is 6.47. The maximum absolute atomic E-state index is 9.58. The Labute approximate surface area is 143 Å². The van der Waals surface area contributed by atoms with Crippen LogP contribution < -0.4 is 10.1 Å². The van der Waals surface area contributed by atoms with Gasteiger partial charge >= 0.3 is 0 Å². The molecule has 2 N–H and O–H groups in total. The number of phenols is 1. The maximum atomic E-state index is 9.58. The van der Waals surface area contributed by atoms with Crippen LogP contribution in [0.2, 0.25) is 0 Å². The van der Waals surface area contributed by atoms with Crippen molar-refractivity contribution in [2.75, 3.05) is 25.5 Å². The summed E-state index contributed by atoms with van der Waals surface area (Å²) in [7, 11) is 2.14. The normalized spacial score (nSPS) is 17.4. The van der Waals surface area contributed by atoms with E-state index >= 15 is 0 Å². The Hall–Kier alpha value is -2.27. The van der Waals surface area contributed by atoms with Gasteiger partial charge in [-0.2, -0.15) is 0 Å². The Balaban J connectivity index is 1.56. The van der Waals surface area contributed by atoms with Gasteiger partial charge in [0.05, 0.1) is 11.9 Å².